The molecule has 30 heavy (non-hydrogen) atoms. The monoisotopic (exact) mass is 432 g/mol. The molecular formula is C24H46F2N2O2. The van der Waals surface area contributed by atoms with Gasteiger partial charge in [0, 0.05) is 25.3 Å². The van der Waals surface area contributed by atoms with Crippen molar-refractivity contribution >= 4 is 5.69 Å². The molecule has 0 aliphatic heterocycles. The average molecular weight is 433 g/mol. The first-order valence-electron chi connectivity index (χ1n) is 11.7. The minimum atomic E-state index is -0.749. The first-order chi connectivity index (χ1) is 14.5. The normalized spacial score (nSPS) is 12.4. The van der Waals surface area contributed by atoms with Crippen LogP contribution < -0.4 is 5.32 Å². The highest BCUT2D eigenvalue weighted by molar-refractivity contribution is 5.42. The molecule has 1 aromatic rings. The first-order valence-corrected chi connectivity index (χ1v) is 11.7. The number of hydrogen-bond acceptors (Lipinski definition) is 4. The zero-order chi connectivity index (χ0) is 23.4. The van der Waals surface area contributed by atoms with Gasteiger partial charge in [0.1, 0.15) is 5.69 Å². The molecule has 1 N–H and O–H groups in total. The van der Waals surface area contributed by atoms with Gasteiger partial charge in [-0.15, -0.1) is 0 Å². The molecule has 178 valence electrons. The number of hydrogen-bond donors (Lipinski definition) is 1. The van der Waals surface area contributed by atoms with E-state index in [9.17, 15) is 8.78 Å². The molecule has 0 aromatic carbocycles. The van der Waals surface area contributed by atoms with Crippen LogP contribution >= 0.6 is 0 Å². The van der Waals surface area contributed by atoms with E-state index in [4.69, 9.17) is 9.47 Å². The molecule has 0 saturated carbocycles. The number of alkyl halides is 1. The third-order valence-electron chi connectivity index (χ3n) is 4.46. The number of nitrogens with one attached hydrogen (secondary N) is 1. The second-order valence-corrected chi connectivity index (χ2v) is 6.87. The van der Waals surface area contributed by atoms with E-state index in [0.717, 1.165) is 32.1 Å². The summed E-state index contributed by atoms with van der Waals surface area (Å²) in [4.78, 5) is 4.21. The number of anilines is 1. The van der Waals surface area contributed by atoms with Crippen LogP contribution in [-0.2, 0) is 9.47 Å². The van der Waals surface area contributed by atoms with Crippen molar-refractivity contribution in [3.8, 4) is 0 Å². The Morgan fingerprint density at radius 3 is 2.00 bits per heavy atom. The molecule has 0 spiro atoms. The van der Waals surface area contributed by atoms with E-state index in [2.05, 4.69) is 31.1 Å². The van der Waals surface area contributed by atoms with Crippen molar-refractivity contribution in [2.45, 2.75) is 99.8 Å². The Labute approximate surface area is 184 Å². The number of pyridine rings is 1. The van der Waals surface area contributed by atoms with E-state index in [-0.39, 0.29) is 12.4 Å². The molecule has 0 aliphatic carbocycles. The summed E-state index contributed by atoms with van der Waals surface area (Å²) < 4.78 is 36.2. The number of nitrogens with zero attached hydrogens (tertiary/aromatic N) is 1. The van der Waals surface area contributed by atoms with Gasteiger partial charge < -0.3 is 14.8 Å². The summed E-state index contributed by atoms with van der Waals surface area (Å²) >= 11 is 0. The fourth-order valence-corrected chi connectivity index (χ4v) is 2.56. The molecule has 2 unspecified atom stereocenters. The summed E-state index contributed by atoms with van der Waals surface area (Å²) in [6, 6.07) is 1.80. The Morgan fingerprint density at radius 1 is 1.03 bits per heavy atom. The zero-order valence-electron chi connectivity index (χ0n) is 20.6. The summed E-state index contributed by atoms with van der Waals surface area (Å²) in [5, 5.41) is 3.38. The number of rotatable bonds is 13. The SMILES string of the molecule is CC.CCCCF.CCOC(OCC)c1ncc(NC(CC)CC(C)CC)cc1F. The fraction of sp³-hybridized carbons (Fsp3) is 0.792. The van der Waals surface area contributed by atoms with Crippen LogP contribution in [0.5, 0.6) is 0 Å². The van der Waals surface area contributed by atoms with Gasteiger partial charge in [-0.2, -0.15) is 0 Å². The van der Waals surface area contributed by atoms with Crippen molar-refractivity contribution < 1.29 is 18.3 Å². The topological polar surface area (TPSA) is 43.4 Å². The van der Waals surface area contributed by atoms with Gasteiger partial charge in [-0.25, -0.2) is 4.39 Å². The van der Waals surface area contributed by atoms with Crippen LogP contribution in [-0.4, -0.2) is 30.9 Å². The summed E-state index contributed by atoms with van der Waals surface area (Å²) in [6.45, 7) is 17.0. The van der Waals surface area contributed by atoms with Gasteiger partial charge in [-0.1, -0.05) is 54.4 Å². The number of unbranched alkanes of at least 4 members (excludes halogenated alkanes) is 1. The van der Waals surface area contributed by atoms with Crippen LogP contribution in [0, 0.1) is 11.7 Å². The highest BCUT2D eigenvalue weighted by Gasteiger charge is 2.19. The second-order valence-electron chi connectivity index (χ2n) is 6.87. The third-order valence-corrected chi connectivity index (χ3v) is 4.46. The molecule has 0 bridgehead atoms. The van der Waals surface area contributed by atoms with Gasteiger partial charge >= 0.3 is 0 Å². The molecular weight excluding hydrogens is 386 g/mol. The van der Waals surface area contributed by atoms with Crippen LogP contribution in [0.15, 0.2) is 12.3 Å². The van der Waals surface area contributed by atoms with Crippen molar-refractivity contribution in [3.05, 3.63) is 23.8 Å². The van der Waals surface area contributed by atoms with Crippen molar-refractivity contribution in [2.75, 3.05) is 25.2 Å². The molecule has 1 aromatic heterocycles. The van der Waals surface area contributed by atoms with E-state index in [1.165, 1.54) is 6.07 Å². The number of ether oxygens (including phenoxy) is 2. The van der Waals surface area contributed by atoms with E-state index in [0.29, 0.717) is 30.9 Å². The van der Waals surface area contributed by atoms with E-state index in [1.54, 1.807) is 6.20 Å². The lowest BCUT2D eigenvalue weighted by atomic mass is 9.97. The van der Waals surface area contributed by atoms with Crippen LogP contribution in [0.2, 0.25) is 0 Å². The van der Waals surface area contributed by atoms with E-state index in [1.807, 2.05) is 34.6 Å². The van der Waals surface area contributed by atoms with Gasteiger partial charge in [0.25, 0.3) is 0 Å². The van der Waals surface area contributed by atoms with Crippen LogP contribution in [0.1, 0.15) is 99.5 Å². The molecule has 0 radical (unpaired) electrons. The Balaban J connectivity index is 0. The van der Waals surface area contributed by atoms with Crippen molar-refractivity contribution in [1.29, 1.82) is 0 Å². The number of halogens is 2. The lowest BCUT2D eigenvalue weighted by Crippen LogP contribution is -2.22. The van der Waals surface area contributed by atoms with E-state index >= 15 is 0 Å². The standard InChI is InChI=1S/C18H31FN2O2.C4H9F.C2H6/c1-6-13(5)10-14(7-2)21-15-11-16(19)17(20-12-15)18(22-8-3)23-9-4;1-2-3-4-5;1-2/h11-14,18,21H,6-10H2,1-5H3;2-4H2,1H3;1-2H3. The smallest absolute Gasteiger partial charge is 0.204 e. The number of aromatic nitrogens is 1. The predicted molar refractivity (Wildman–Crippen MR) is 124 cm³/mol. The Morgan fingerprint density at radius 2 is 1.63 bits per heavy atom. The average Bonchev–Trinajstić information content (AvgIpc) is 2.75. The Kier molecular flexibility index (Phi) is 21.6. The maximum absolute atomic E-state index is 14.4. The van der Waals surface area contributed by atoms with Crippen molar-refractivity contribution in [2.24, 2.45) is 5.92 Å². The molecule has 4 nitrogen and oxygen atoms in total. The fourth-order valence-electron chi connectivity index (χ4n) is 2.56. The predicted octanol–water partition coefficient (Wildman–Crippen LogP) is 7.70. The van der Waals surface area contributed by atoms with Crippen LogP contribution in [0.3, 0.4) is 0 Å². The minimum Gasteiger partial charge on any atom is -0.381 e. The van der Waals surface area contributed by atoms with Crippen molar-refractivity contribution in [1.82, 2.24) is 4.98 Å². The Hall–Kier alpha value is -1.27. The zero-order valence-corrected chi connectivity index (χ0v) is 20.6. The molecule has 0 saturated heterocycles. The molecule has 0 amide bonds. The van der Waals surface area contributed by atoms with Gasteiger partial charge in [0.05, 0.1) is 18.6 Å². The first kappa shape index (κ1) is 30.9. The van der Waals surface area contributed by atoms with Gasteiger partial charge in [-0.05, 0) is 39.0 Å². The second kappa shape index (κ2) is 21.0. The summed E-state index contributed by atoms with van der Waals surface area (Å²) in [6.07, 6.45) is 5.81. The minimum absolute atomic E-state index is 0.156. The summed E-state index contributed by atoms with van der Waals surface area (Å²) in [5.41, 5.74) is 0.905. The summed E-state index contributed by atoms with van der Waals surface area (Å²) in [7, 11) is 0. The molecule has 0 aliphatic rings. The van der Waals surface area contributed by atoms with Gasteiger partial charge in [-0.3, -0.25) is 9.37 Å². The maximum Gasteiger partial charge on any atom is 0.204 e. The molecule has 6 heteroatoms. The Bertz CT molecular complexity index is 496. The third kappa shape index (κ3) is 13.9. The van der Waals surface area contributed by atoms with Gasteiger partial charge in [0.2, 0.25) is 6.29 Å². The van der Waals surface area contributed by atoms with Gasteiger partial charge in [0.15, 0.2) is 5.82 Å². The lowest BCUT2D eigenvalue weighted by molar-refractivity contribution is -0.144. The highest BCUT2D eigenvalue weighted by atomic mass is 19.1. The highest BCUT2D eigenvalue weighted by Crippen LogP contribution is 2.23. The van der Waals surface area contributed by atoms with Crippen LogP contribution in [0.25, 0.3) is 0 Å². The molecule has 1 heterocycles. The maximum atomic E-state index is 14.4. The quantitative estimate of drug-likeness (QED) is 0.324. The largest absolute Gasteiger partial charge is 0.381 e. The van der Waals surface area contributed by atoms with E-state index < -0.39 is 12.1 Å². The molecule has 0 fully saturated rings. The molecule has 2 atom stereocenters. The van der Waals surface area contributed by atoms with Crippen LogP contribution in [0.4, 0.5) is 14.5 Å². The lowest BCUT2D eigenvalue weighted by Gasteiger charge is -2.22. The summed E-state index contributed by atoms with van der Waals surface area (Å²) in [5.74, 6) is 0.241. The van der Waals surface area contributed by atoms with Crippen molar-refractivity contribution in [3.63, 3.8) is 0 Å². The molecule has 1 rings (SSSR count).